The van der Waals surface area contributed by atoms with E-state index in [9.17, 15) is 4.79 Å². The molecule has 0 saturated heterocycles. The zero-order valence-electron chi connectivity index (χ0n) is 15.2. The molecule has 4 rings (SSSR count). The number of amides is 1. The predicted molar refractivity (Wildman–Crippen MR) is 109 cm³/mol. The summed E-state index contributed by atoms with van der Waals surface area (Å²) in [5.74, 6) is -0.0365. The van der Waals surface area contributed by atoms with E-state index in [0.717, 1.165) is 28.4 Å². The van der Waals surface area contributed by atoms with E-state index in [4.69, 9.17) is 0 Å². The van der Waals surface area contributed by atoms with E-state index in [2.05, 4.69) is 32.4 Å². The Balaban J connectivity index is 1.28. The SMILES string of the molecule is O=C(Cc1csc(-c2cccnc2)n1)NCc1ccc(Cn2ccnc2)cc1. The summed E-state index contributed by atoms with van der Waals surface area (Å²) in [5.41, 5.74) is 4.00. The Morgan fingerprint density at radius 1 is 1.07 bits per heavy atom. The third kappa shape index (κ3) is 4.69. The lowest BCUT2D eigenvalue weighted by atomic mass is 10.1. The van der Waals surface area contributed by atoms with Crippen molar-refractivity contribution in [1.29, 1.82) is 0 Å². The molecule has 1 N–H and O–H groups in total. The Kier molecular flexibility index (Phi) is 5.53. The molecule has 0 unspecified atom stereocenters. The second-order valence-corrected chi connectivity index (χ2v) is 7.25. The Bertz CT molecular complexity index is 1030. The number of nitrogens with zero attached hydrogens (tertiary/aromatic N) is 4. The van der Waals surface area contributed by atoms with E-state index < -0.39 is 0 Å². The molecule has 0 bridgehead atoms. The Morgan fingerprint density at radius 2 is 1.93 bits per heavy atom. The highest BCUT2D eigenvalue weighted by molar-refractivity contribution is 7.13. The molecule has 140 valence electrons. The summed E-state index contributed by atoms with van der Waals surface area (Å²) in [4.78, 5) is 24.9. The number of hydrogen-bond donors (Lipinski definition) is 1. The van der Waals surface area contributed by atoms with Gasteiger partial charge in [0.25, 0.3) is 0 Å². The number of hydrogen-bond acceptors (Lipinski definition) is 5. The van der Waals surface area contributed by atoms with Gasteiger partial charge in [-0.1, -0.05) is 24.3 Å². The quantitative estimate of drug-likeness (QED) is 0.526. The van der Waals surface area contributed by atoms with Crippen LogP contribution in [0.4, 0.5) is 0 Å². The molecule has 0 radical (unpaired) electrons. The predicted octanol–water partition coefficient (Wildman–Crippen LogP) is 3.31. The second-order valence-electron chi connectivity index (χ2n) is 6.39. The molecule has 0 aliphatic heterocycles. The van der Waals surface area contributed by atoms with Crippen LogP contribution in [0, 0.1) is 0 Å². The van der Waals surface area contributed by atoms with E-state index in [1.54, 1.807) is 24.9 Å². The van der Waals surface area contributed by atoms with Crippen LogP contribution in [0.5, 0.6) is 0 Å². The number of rotatable bonds is 7. The van der Waals surface area contributed by atoms with Crippen LogP contribution >= 0.6 is 11.3 Å². The topological polar surface area (TPSA) is 72.7 Å². The van der Waals surface area contributed by atoms with E-state index in [1.165, 1.54) is 16.9 Å². The number of thiazole rings is 1. The molecule has 1 amide bonds. The Morgan fingerprint density at radius 3 is 2.68 bits per heavy atom. The minimum atomic E-state index is -0.0365. The molecule has 4 aromatic rings. The number of aromatic nitrogens is 4. The monoisotopic (exact) mass is 389 g/mol. The first kappa shape index (κ1) is 18.1. The van der Waals surface area contributed by atoms with Crippen molar-refractivity contribution in [3.8, 4) is 10.6 Å². The molecule has 7 heteroatoms. The van der Waals surface area contributed by atoms with Gasteiger partial charge in [-0.15, -0.1) is 11.3 Å². The minimum Gasteiger partial charge on any atom is -0.352 e. The lowest BCUT2D eigenvalue weighted by Crippen LogP contribution is -2.24. The van der Waals surface area contributed by atoms with Gasteiger partial charge in [0.15, 0.2) is 0 Å². The maximum atomic E-state index is 12.2. The van der Waals surface area contributed by atoms with Crippen LogP contribution in [-0.4, -0.2) is 25.4 Å². The highest BCUT2D eigenvalue weighted by Crippen LogP contribution is 2.22. The van der Waals surface area contributed by atoms with Gasteiger partial charge in [-0.3, -0.25) is 9.78 Å². The van der Waals surface area contributed by atoms with Crippen LogP contribution in [0.2, 0.25) is 0 Å². The average molecular weight is 389 g/mol. The standard InChI is InChI=1S/C21H19N5OS/c27-20(10-19-14-28-21(25-19)18-2-1-7-22-12-18)24-11-16-3-5-17(6-4-16)13-26-9-8-23-15-26/h1-9,12,14-15H,10-11,13H2,(H,24,27). The first-order valence-corrected chi connectivity index (χ1v) is 9.79. The van der Waals surface area contributed by atoms with Crippen LogP contribution < -0.4 is 5.32 Å². The van der Waals surface area contributed by atoms with Crippen LogP contribution in [0.1, 0.15) is 16.8 Å². The number of carbonyl (C=O) groups is 1. The summed E-state index contributed by atoms with van der Waals surface area (Å²) < 4.78 is 2.02. The molecule has 3 aromatic heterocycles. The van der Waals surface area contributed by atoms with E-state index in [-0.39, 0.29) is 12.3 Å². The van der Waals surface area contributed by atoms with Gasteiger partial charge < -0.3 is 9.88 Å². The molecule has 6 nitrogen and oxygen atoms in total. The fourth-order valence-electron chi connectivity index (χ4n) is 2.79. The summed E-state index contributed by atoms with van der Waals surface area (Å²) in [7, 11) is 0. The summed E-state index contributed by atoms with van der Waals surface area (Å²) in [5, 5.41) is 5.76. The van der Waals surface area contributed by atoms with Crippen LogP contribution in [-0.2, 0) is 24.3 Å². The van der Waals surface area contributed by atoms with Crippen molar-refractivity contribution in [2.45, 2.75) is 19.5 Å². The summed E-state index contributed by atoms with van der Waals surface area (Å²) in [6, 6.07) is 12.1. The van der Waals surface area contributed by atoms with Crippen LogP contribution in [0.3, 0.4) is 0 Å². The van der Waals surface area contributed by atoms with Gasteiger partial charge in [-0.05, 0) is 23.3 Å². The number of pyridine rings is 1. The zero-order chi connectivity index (χ0) is 19.2. The van der Waals surface area contributed by atoms with Crippen molar-refractivity contribution in [2.24, 2.45) is 0 Å². The molecule has 1 aromatic carbocycles. The van der Waals surface area contributed by atoms with Gasteiger partial charge >= 0.3 is 0 Å². The Labute approximate surface area is 166 Å². The fraction of sp³-hybridized carbons (Fsp3) is 0.143. The minimum absolute atomic E-state index is 0.0365. The second kappa shape index (κ2) is 8.58. The molecular formula is C21H19N5OS. The van der Waals surface area contributed by atoms with Gasteiger partial charge in [0.1, 0.15) is 5.01 Å². The fourth-order valence-corrected chi connectivity index (χ4v) is 3.60. The smallest absolute Gasteiger partial charge is 0.226 e. The van der Waals surface area contributed by atoms with E-state index in [0.29, 0.717) is 6.54 Å². The molecule has 0 spiro atoms. The van der Waals surface area contributed by atoms with Gasteiger partial charge in [0.05, 0.1) is 18.4 Å². The molecule has 3 heterocycles. The summed E-state index contributed by atoms with van der Waals surface area (Å²) in [6.07, 6.45) is 9.29. The molecule has 0 saturated carbocycles. The van der Waals surface area contributed by atoms with Crippen molar-refractivity contribution in [2.75, 3.05) is 0 Å². The molecule has 0 fully saturated rings. The van der Waals surface area contributed by atoms with Crippen molar-refractivity contribution in [3.63, 3.8) is 0 Å². The third-order valence-corrected chi connectivity index (χ3v) is 5.18. The average Bonchev–Trinajstić information content (AvgIpc) is 3.40. The zero-order valence-corrected chi connectivity index (χ0v) is 16.0. The highest BCUT2D eigenvalue weighted by atomic mass is 32.1. The first-order chi connectivity index (χ1) is 13.8. The summed E-state index contributed by atoms with van der Waals surface area (Å²) >= 11 is 1.52. The van der Waals surface area contributed by atoms with Crippen molar-refractivity contribution in [1.82, 2.24) is 24.8 Å². The third-order valence-electron chi connectivity index (χ3n) is 4.24. The molecular weight excluding hydrogens is 370 g/mol. The van der Waals surface area contributed by atoms with Crippen LogP contribution in [0.25, 0.3) is 10.6 Å². The molecule has 0 aliphatic rings. The molecule has 0 atom stereocenters. The highest BCUT2D eigenvalue weighted by Gasteiger charge is 2.09. The lowest BCUT2D eigenvalue weighted by Gasteiger charge is -2.07. The number of imidazole rings is 1. The van der Waals surface area contributed by atoms with Gasteiger partial charge in [0.2, 0.25) is 5.91 Å². The molecule has 28 heavy (non-hydrogen) atoms. The van der Waals surface area contributed by atoms with E-state index >= 15 is 0 Å². The number of benzene rings is 1. The summed E-state index contributed by atoms with van der Waals surface area (Å²) in [6.45, 7) is 1.29. The normalized spacial score (nSPS) is 10.7. The first-order valence-electron chi connectivity index (χ1n) is 8.91. The number of carbonyl (C=O) groups excluding carboxylic acids is 1. The van der Waals surface area contributed by atoms with Gasteiger partial charge in [0, 0.05) is 48.8 Å². The van der Waals surface area contributed by atoms with Crippen molar-refractivity contribution in [3.05, 3.63) is 89.7 Å². The van der Waals surface area contributed by atoms with E-state index in [1.807, 2.05) is 40.4 Å². The van der Waals surface area contributed by atoms with Gasteiger partial charge in [-0.25, -0.2) is 9.97 Å². The lowest BCUT2D eigenvalue weighted by molar-refractivity contribution is -0.120. The van der Waals surface area contributed by atoms with Gasteiger partial charge in [-0.2, -0.15) is 0 Å². The number of nitrogens with one attached hydrogen (secondary N) is 1. The molecule has 0 aliphatic carbocycles. The maximum Gasteiger partial charge on any atom is 0.226 e. The van der Waals surface area contributed by atoms with Crippen molar-refractivity contribution < 1.29 is 4.79 Å². The van der Waals surface area contributed by atoms with Crippen LogP contribution in [0.15, 0.2) is 72.9 Å². The van der Waals surface area contributed by atoms with Crippen molar-refractivity contribution >= 4 is 17.2 Å². The Hall–Kier alpha value is -3.32. The largest absolute Gasteiger partial charge is 0.352 e. The maximum absolute atomic E-state index is 12.2.